The molecule has 122 valence electrons. The van der Waals surface area contributed by atoms with Crippen molar-refractivity contribution < 1.29 is 9.47 Å². The van der Waals surface area contributed by atoms with Crippen molar-refractivity contribution in [2.45, 2.75) is 19.3 Å². The molecule has 5 heteroatoms. The standard InChI is InChI=1S/C18H21BrN2O2/c1-22-17-9-5-15(6-10-17)20-21-16-7-11-18(12-8-16)23-14-4-2-3-13-19/h5-12H,2-4,13-14H2,1H3. The van der Waals surface area contributed by atoms with Crippen LogP contribution >= 0.6 is 15.9 Å². The molecular formula is C18H21BrN2O2. The zero-order valence-electron chi connectivity index (χ0n) is 13.2. The number of hydrogen-bond donors (Lipinski definition) is 0. The molecule has 0 unspecified atom stereocenters. The first kappa shape index (κ1) is 17.5. The van der Waals surface area contributed by atoms with Crippen molar-refractivity contribution in [1.29, 1.82) is 0 Å². The number of methoxy groups -OCH3 is 1. The minimum absolute atomic E-state index is 0.750. The van der Waals surface area contributed by atoms with E-state index < -0.39 is 0 Å². The summed E-state index contributed by atoms with van der Waals surface area (Å²) in [6, 6.07) is 15.1. The highest BCUT2D eigenvalue weighted by Gasteiger charge is 1.96. The van der Waals surface area contributed by atoms with Gasteiger partial charge in [0.2, 0.25) is 0 Å². The summed E-state index contributed by atoms with van der Waals surface area (Å²) in [5.41, 5.74) is 1.59. The normalized spacial score (nSPS) is 10.9. The van der Waals surface area contributed by atoms with Crippen LogP contribution in [0.5, 0.6) is 11.5 Å². The Kier molecular flexibility index (Phi) is 7.60. The third kappa shape index (κ3) is 6.40. The summed E-state index contributed by atoms with van der Waals surface area (Å²) in [5, 5.41) is 9.48. The van der Waals surface area contributed by atoms with Crippen LogP contribution in [0.25, 0.3) is 0 Å². The van der Waals surface area contributed by atoms with Crippen LogP contribution < -0.4 is 9.47 Å². The minimum Gasteiger partial charge on any atom is -0.497 e. The molecule has 0 N–H and O–H groups in total. The SMILES string of the molecule is COc1ccc(N=Nc2ccc(OCCCCCBr)cc2)cc1. The van der Waals surface area contributed by atoms with Gasteiger partial charge in [-0.05, 0) is 67.8 Å². The average Bonchev–Trinajstić information content (AvgIpc) is 2.61. The molecule has 0 radical (unpaired) electrons. The molecule has 4 nitrogen and oxygen atoms in total. The second-order valence-electron chi connectivity index (χ2n) is 4.99. The number of unbranched alkanes of at least 4 members (excludes halogenated alkanes) is 2. The van der Waals surface area contributed by atoms with Crippen molar-refractivity contribution in [2.75, 3.05) is 19.0 Å². The lowest BCUT2D eigenvalue weighted by Gasteiger charge is -2.05. The number of azo groups is 1. The molecule has 2 aromatic carbocycles. The Labute approximate surface area is 145 Å². The van der Waals surface area contributed by atoms with E-state index in [1.807, 2.05) is 48.5 Å². The van der Waals surface area contributed by atoms with Gasteiger partial charge < -0.3 is 9.47 Å². The average molecular weight is 377 g/mol. The summed E-state index contributed by atoms with van der Waals surface area (Å²) in [6.07, 6.45) is 3.44. The molecule has 0 heterocycles. The van der Waals surface area contributed by atoms with Gasteiger partial charge in [0.25, 0.3) is 0 Å². The molecule has 0 saturated carbocycles. The lowest BCUT2D eigenvalue weighted by molar-refractivity contribution is 0.306. The third-order valence-corrected chi connectivity index (χ3v) is 3.80. The summed E-state index contributed by atoms with van der Waals surface area (Å²) >= 11 is 3.43. The molecule has 0 aliphatic rings. The molecule has 0 bridgehead atoms. The number of alkyl halides is 1. The maximum Gasteiger partial charge on any atom is 0.119 e. The Balaban J connectivity index is 1.82. The van der Waals surface area contributed by atoms with Crippen LogP contribution in [0.2, 0.25) is 0 Å². The van der Waals surface area contributed by atoms with Crippen molar-refractivity contribution in [2.24, 2.45) is 10.2 Å². The van der Waals surface area contributed by atoms with Crippen molar-refractivity contribution in [1.82, 2.24) is 0 Å². The smallest absolute Gasteiger partial charge is 0.119 e. The number of rotatable bonds is 9. The molecule has 0 spiro atoms. The van der Waals surface area contributed by atoms with Gasteiger partial charge in [0.05, 0.1) is 25.1 Å². The van der Waals surface area contributed by atoms with Crippen LogP contribution in [0, 0.1) is 0 Å². The summed E-state index contributed by atoms with van der Waals surface area (Å²) in [7, 11) is 1.64. The van der Waals surface area contributed by atoms with Gasteiger partial charge in [-0.15, -0.1) is 0 Å². The Morgan fingerprint density at radius 2 is 1.35 bits per heavy atom. The molecule has 23 heavy (non-hydrogen) atoms. The number of halogens is 1. The van der Waals surface area contributed by atoms with Crippen LogP contribution in [-0.2, 0) is 0 Å². The van der Waals surface area contributed by atoms with E-state index in [1.165, 1.54) is 12.8 Å². The van der Waals surface area contributed by atoms with Gasteiger partial charge in [0.1, 0.15) is 11.5 Å². The van der Waals surface area contributed by atoms with E-state index in [9.17, 15) is 0 Å². The van der Waals surface area contributed by atoms with Crippen LogP contribution in [-0.4, -0.2) is 19.0 Å². The van der Waals surface area contributed by atoms with Gasteiger partial charge in [-0.1, -0.05) is 15.9 Å². The second kappa shape index (κ2) is 10.0. The quantitative estimate of drug-likeness (QED) is 0.303. The number of ether oxygens (including phenoxy) is 2. The Morgan fingerprint density at radius 1 is 0.783 bits per heavy atom. The van der Waals surface area contributed by atoms with Crippen LogP contribution in [0.15, 0.2) is 58.8 Å². The molecule has 0 aromatic heterocycles. The van der Waals surface area contributed by atoms with E-state index in [1.54, 1.807) is 7.11 Å². The van der Waals surface area contributed by atoms with E-state index in [0.717, 1.165) is 41.2 Å². The topological polar surface area (TPSA) is 43.2 Å². The van der Waals surface area contributed by atoms with Gasteiger partial charge in [-0.25, -0.2) is 0 Å². The van der Waals surface area contributed by atoms with Crippen LogP contribution in [0.1, 0.15) is 19.3 Å². The fourth-order valence-corrected chi connectivity index (χ4v) is 2.33. The molecule has 2 rings (SSSR count). The summed E-state index contributed by atoms with van der Waals surface area (Å²) in [5.74, 6) is 1.67. The monoisotopic (exact) mass is 376 g/mol. The highest BCUT2D eigenvalue weighted by atomic mass is 79.9. The number of nitrogens with zero attached hydrogens (tertiary/aromatic N) is 2. The molecule has 0 aliphatic heterocycles. The Hall–Kier alpha value is -1.88. The number of hydrogen-bond acceptors (Lipinski definition) is 4. The van der Waals surface area contributed by atoms with Gasteiger partial charge >= 0.3 is 0 Å². The van der Waals surface area contributed by atoms with Gasteiger partial charge in [0, 0.05) is 5.33 Å². The Morgan fingerprint density at radius 3 is 1.87 bits per heavy atom. The summed E-state index contributed by atoms with van der Waals surface area (Å²) < 4.78 is 10.8. The third-order valence-electron chi connectivity index (χ3n) is 3.24. The van der Waals surface area contributed by atoms with E-state index in [2.05, 4.69) is 26.2 Å². The second-order valence-corrected chi connectivity index (χ2v) is 5.78. The molecule has 0 fully saturated rings. The van der Waals surface area contributed by atoms with Crippen LogP contribution in [0.4, 0.5) is 11.4 Å². The van der Waals surface area contributed by atoms with Crippen molar-refractivity contribution in [3.63, 3.8) is 0 Å². The maximum atomic E-state index is 5.69. The van der Waals surface area contributed by atoms with Gasteiger partial charge in [0.15, 0.2) is 0 Å². The van der Waals surface area contributed by atoms with Crippen molar-refractivity contribution in [3.8, 4) is 11.5 Å². The Bertz CT molecular complexity index is 597. The number of benzene rings is 2. The fourth-order valence-electron chi connectivity index (χ4n) is 1.94. The lowest BCUT2D eigenvalue weighted by Crippen LogP contribution is -1.96. The molecular weight excluding hydrogens is 356 g/mol. The predicted octanol–water partition coefficient (Wildman–Crippen LogP) is 6.05. The van der Waals surface area contributed by atoms with E-state index in [0.29, 0.717) is 0 Å². The predicted molar refractivity (Wildman–Crippen MR) is 96.8 cm³/mol. The molecule has 0 aliphatic carbocycles. The molecule has 2 aromatic rings. The van der Waals surface area contributed by atoms with Gasteiger partial charge in [-0.2, -0.15) is 10.2 Å². The molecule has 0 atom stereocenters. The van der Waals surface area contributed by atoms with Crippen molar-refractivity contribution >= 4 is 27.3 Å². The highest BCUT2D eigenvalue weighted by Crippen LogP contribution is 2.23. The molecule has 0 amide bonds. The van der Waals surface area contributed by atoms with E-state index in [-0.39, 0.29) is 0 Å². The first-order valence-electron chi connectivity index (χ1n) is 7.66. The van der Waals surface area contributed by atoms with Crippen molar-refractivity contribution in [3.05, 3.63) is 48.5 Å². The van der Waals surface area contributed by atoms with E-state index >= 15 is 0 Å². The zero-order valence-corrected chi connectivity index (χ0v) is 14.8. The maximum absolute atomic E-state index is 5.69. The lowest BCUT2D eigenvalue weighted by atomic mass is 10.2. The largest absolute Gasteiger partial charge is 0.497 e. The minimum atomic E-state index is 0.750. The van der Waals surface area contributed by atoms with Gasteiger partial charge in [-0.3, -0.25) is 0 Å². The molecule has 0 saturated heterocycles. The van der Waals surface area contributed by atoms with E-state index in [4.69, 9.17) is 9.47 Å². The first-order valence-corrected chi connectivity index (χ1v) is 8.78. The summed E-state index contributed by atoms with van der Waals surface area (Å²) in [4.78, 5) is 0. The fraction of sp³-hybridized carbons (Fsp3) is 0.333. The zero-order chi connectivity index (χ0) is 16.3. The summed E-state index contributed by atoms with van der Waals surface area (Å²) in [6.45, 7) is 0.750. The highest BCUT2D eigenvalue weighted by molar-refractivity contribution is 9.09. The van der Waals surface area contributed by atoms with Crippen LogP contribution in [0.3, 0.4) is 0 Å². The first-order chi connectivity index (χ1) is 11.3.